The number of anilines is 1. The lowest BCUT2D eigenvalue weighted by Crippen LogP contribution is -2.57. The van der Waals surface area contributed by atoms with E-state index in [2.05, 4.69) is 0 Å². The van der Waals surface area contributed by atoms with Crippen molar-refractivity contribution < 1.29 is 9.59 Å². The first-order valence-electron chi connectivity index (χ1n) is 7.26. The molecule has 1 aromatic rings. The molecule has 0 spiro atoms. The standard InChI is InChI=1S/C16H21ClN2O2/c1-11(2)10-15(20)18-8-9-19(16(21)12(18)3)14-6-4-13(17)5-7-14/h4-7,11-12H,8-10H2,1-3H3/t12-/m0/s1. The van der Waals surface area contributed by atoms with Gasteiger partial charge in [0, 0.05) is 30.2 Å². The van der Waals surface area contributed by atoms with Crippen molar-refractivity contribution in [2.45, 2.75) is 33.2 Å². The van der Waals surface area contributed by atoms with Crippen LogP contribution in [0.2, 0.25) is 5.02 Å². The van der Waals surface area contributed by atoms with Crippen LogP contribution in [-0.2, 0) is 9.59 Å². The lowest BCUT2D eigenvalue weighted by molar-refractivity contribution is -0.141. The third-order valence-corrected chi connectivity index (χ3v) is 3.95. The Balaban J connectivity index is 2.10. The van der Waals surface area contributed by atoms with Crippen LogP contribution in [0, 0.1) is 5.92 Å². The second kappa shape index (κ2) is 6.48. The maximum atomic E-state index is 12.5. The summed E-state index contributed by atoms with van der Waals surface area (Å²) in [5.74, 6) is 0.316. The summed E-state index contributed by atoms with van der Waals surface area (Å²) >= 11 is 5.87. The first-order chi connectivity index (χ1) is 9.90. The summed E-state index contributed by atoms with van der Waals surface area (Å²) in [6.07, 6.45) is 0.485. The SMILES string of the molecule is CC(C)CC(=O)N1CCN(c2ccc(Cl)cc2)C(=O)[C@@H]1C. The largest absolute Gasteiger partial charge is 0.329 e. The van der Waals surface area contributed by atoms with Crippen LogP contribution in [0.1, 0.15) is 27.2 Å². The second-order valence-electron chi connectivity index (χ2n) is 5.83. The summed E-state index contributed by atoms with van der Waals surface area (Å²) in [5, 5.41) is 0.644. The van der Waals surface area contributed by atoms with E-state index in [4.69, 9.17) is 11.6 Å². The van der Waals surface area contributed by atoms with E-state index in [0.29, 0.717) is 30.5 Å². The van der Waals surface area contributed by atoms with E-state index < -0.39 is 6.04 Å². The molecule has 0 bridgehead atoms. The highest BCUT2D eigenvalue weighted by molar-refractivity contribution is 6.30. The zero-order chi connectivity index (χ0) is 15.6. The van der Waals surface area contributed by atoms with Gasteiger partial charge in [0.05, 0.1) is 0 Å². The van der Waals surface area contributed by atoms with Gasteiger partial charge in [-0.25, -0.2) is 0 Å². The summed E-state index contributed by atoms with van der Waals surface area (Å²) in [6, 6.07) is 6.79. The van der Waals surface area contributed by atoms with Gasteiger partial charge in [-0.2, -0.15) is 0 Å². The number of benzene rings is 1. The minimum absolute atomic E-state index is 0.0410. The Bertz CT molecular complexity index is 528. The van der Waals surface area contributed by atoms with E-state index in [-0.39, 0.29) is 11.8 Å². The van der Waals surface area contributed by atoms with Crippen molar-refractivity contribution in [3.05, 3.63) is 29.3 Å². The lowest BCUT2D eigenvalue weighted by atomic mass is 10.1. The molecule has 0 radical (unpaired) electrons. The van der Waals surface area contributed by atoms with E-state index in [1.54, 1.807) is 28.9 Å². The van der Waals surface area contributed by atoms with E-state index >= 15 is 0 Å². The number of amides is 2. The van der Waals surface area contributed by atoms with Crippen LogP contribution >= 0.6 is 11.6 Å². The second-order valence-corrected chi connectivity index (χ2v) is 6.26. The predicted molar refractivity (Wildman–Crippen MR) is 84.4 cm³/mol. The van der Waals surface area contributed by atoms with Crippen molar-refractivity contribution in [1.82, 2.24) is 4.90 Å². The highest BCUT2D eigenvalue weighted by atomic mass is 35.5. The van der Waals surface area contributed by atoms with Crippen LogP contribution in [0.3, 0.4) is 0 Å². The number of halogens is 1. The van der Waals surface area contributed by atoms with Crippen LogP contribution in [0.15, 0.2) is 24.3 Å². The van der Waals surface area contributed by atoms with Gasteiger partial charge in [-0.3, -0.25) is 9.59 Å². The van der Waals surface area contributed by atoms with Crippen molar-refractivity contribution in [3.8, 4) is 0 Å². The molecule has 114 valence electrons. The highest BCUT2D eigenvalue weighted by Crippen LogP contribution is 2.23. The summed E-state index contributed by atoms with van der Waals surface area (Å²) in [6.45, 7) is 6.90. The average molecular weight is 309 g/mol. The summed E-state index contributed by atoms with van der Waals surface area (Å²) < 4.78 is 0. The van der Waals surface area contributed by atoms with E-state index in [0.717, 1.165) is 5.69 Å². The monoisotopic (exact) mass is 308 g/mol. The third-order valence-electron chi connectivity index (χ3n) is 3.70. The minimum atomic E-state index is -0.416. The van der Waals surface area contributed by atoms with Gasteiger partial charge in [-0.05, 0) is 37.1 Å². The number of carbonyl (C=O) groups excluding carboxylic acids is 2. The molecule has 0 aromatic heterocycles. The molecule has 0 N–H and O–H groups in total. The van der Waals surface area contributed by atoms with Gasteiger partial charge in [-0.15, -0.1) is 0 Å². The lowest BCUT2D eigenvalue weighted by Gasteiger charge is -2.39. The Hall–Kier alpha value is -1.55. The molecule has 1 aromatic carbocycles. The molecule has 5 heteroatoms. The van der Waals surface area contributed by atoms with Gasteiger partial charge in [0.25, 0.3) is 0 Å². The molecular formula is C16H21ClN2O2. The number of nitrogens with zero attached hydrogens (tertiary/aromatic N) is 2. The van der Waals surface area contributed by atoms with Gasteiger partial charge in [0.15, 0.2) is 0 Å². The zero-order valence-electron chi connectivity index (χ0n) is 12.7. The van der Waals surface area contributed by atoms with Gasteiger partial charge in [0.1, 0.15) is 6.04 Å². The quantitative estimate of drug-likeness (QED) is 0.861. The van der Waals surface area contributed by atoms with Crippen molar-refractivity contribution in [3.63, 3.8) is 0 Å². The fourth-order valence-corrected chi connectivity index (χ4v) is 2.68. The Kier molecular flexibility index (Phi) is 4.88. The van der Waals surface area contributed by atoms with Crippen LogP contribution < -0.4 is 4.90 Å². The Morgan fingerprint density at radius 1 is 1.29 bits per heavy atom. The van der Waals surface area contributed by atoms with E-state index in [1.807, 2.05) is 26.0 Å². The third kappa shape index (κ3) is 3.56. The molecule has 2 amide bonds. The number of hydrogen-bond acceptors (Lipinski definition) is 2. The molecule has 1 saturated heterocycles. The molecule has 1 fully saturated rings. The fraction of sp³-hybridized carbons (Fsp3) is 0.500. The minimum Gasteiger partial charge on any atom is -0.329 e. The Morgan fingerprint density at radius 3 is 2.48 bits per heavy atom. The van der Waals surface area contributed by atoms with Gasteiger partial charge in [0.2, 0.25) is 11.8 Å². The first-order valence-corrected chi connectivity index (χ1v) is 7.64. The Morgan fingerprint density at radius 2 is 1.90 bits per heavy atom. The molecular weight excluding hydrogens is 288 g/mol. The zero-order valence-corrected chi connectivity index (χ0v) is 13.4. The summed E-state index contributed by atoms with van der Waals surface area (Å²) in [5.41, 5.74) is 0.826. The first kappa shape index (κ1) is 15.8. The number of rotatable bonds is 3. The average Bonchev–Trinajstić information content (AvgIpc) is 2.42. The summed E-state index contributed by atoms with van der Waals surface area (Å²) in [7, 11) is 0. The van der Waals surface area contributed by atoms with Gasteiger partial charge >= 0.3 is 0 Å². The number of hydrogen-bond donors (Lipinski definition) is 0. The van der Waals surface area contributed by atoms with Crippen LogP contribution in [-0.4, -0.2) is 35.8 Å². The van der Waals surface area contributed by atoms with Crippen molar-refractivity contribution in [2.24, 2.45) is 5.92 Å². The highest BCUT2D eigenvalue weighted by Gasteiger charge is 2.34. The maximum absolute atomic E-state index is 12.5. The van der Waals surface area contributed by atoms with Crippen LogP contribution in [0.25, 0.3) is 0 Å². The molecule has 1 atom stereocenters. The van der Waals surface area contributed by atoms with E-state index in [9.17, 15) is 9.59 Å². The van der Waals surface area contributed by atoms with Crippen LogP contribution in [0.4, 0.5) is 5.69 Å². The number of piperazine rings is 1. The van der Waals surface area contributed by atoms with Gasteiger partial charge < -0.3 is 9.80 Å². The van der Waals surface area contributed by atoms with E-state index in [1.165, 1.54) is 0 Å². The molecule has 4 nitrogen and oxygen atoms in total. The molecule has 2 rings (SSSR count). The molecule has 0 aliphatic carbocycles. The van der Waals surface area contributed by atoms with Crippen LogP contribution in [0.5, 0.6) is 0 Å². The summed E-state index contributed by atoms with van der Waals surface area (Å²) in [4.78, 5) is 28.1. The molecule has 1 heterocycles. The Labute approximate surface area is 130 Å². The normalized spacial score (nSPS) is 19.3. The molecule has 21 heavy (non-hydrogen) atoms. The van der Waals surface area contributed by atoms with Crippen molar-refractivity contribution in [1.29, 1.82) is 0 Å². The molecule has 1 aliphatic rings. The smallest absolute Gasteiger partial charge is 0.249 e. The van der Waals surface area contributed by atoms with Crippen molar-refractivity contribution in [2.75, 3.05) is 18.0 Å². The van der Waals surface area contributed by atoms with Gasteiger partial charge in [-0.1, -0.05) is 25.4 Å². The van der Waals surface area contributed by atoms with Crippen molar-refractivity contribution >= 4 is 29.1 Å². The fourth-order valence-electron chi connectivity index (χ4n) is 2.55. The molecule has 1 aliphatic heterocycles. The molecule has 0 unspecified atom stereocenters. The molecule has 0 saturated carbocycles. The maximum Gasteiger partial charge on any atom is 0.249 e. The predicted octanol–water partition coefficient (Wildman–Crippen LogP) is 2.95. The number of carbonyl (C=O) groups is 2. The topological polar surface area (TPSA) is 40.6 Å².